The van der Waals surface area contributed by atoms with Crippen LogP contribution in [-0.4, -0.2) is 37.0 Å². The molecular weight excluding hydrogens is 373 g/mol. The van der Waals surface area contributed by atoms with E-state index in [0.717, 1.165) is 44.0 Å². The van der Waals surface area contributed by atoms with Crippen molar-refractivity contribution in [1.82, 2.24) is 4.90 Å². The van der Waals surface area contributed by atoms with Gasteiger partial charge in [-0.25, -0.2) is 0 Å². The molecule has 1 aliphatic heterocycles. The molecule has 0 amide bonds. The number of nitrogens with two attached hydrogens (primary N) is 1. The van der Waals surface area contributed by atoms with E-state index in [1.54, 1.807) is 12.1 Å². The number of amidine groups is 1. The summed E-state index contributed by atoms with van der Waals surface area (Å²) >= 11 is 11.9. The largest absolute Gasteiger partial charge is 0.389 e. The second-order valence-electron chi connectivity index (χ2n) is 6.09. The normalized spacial score (nSPS) is 15.8. The third kappa shape index (κ3) is 5.35. The van der Waals surface area contributed by atoms with E-state index in [1.807, 2.05) is 24.3 Å². The molecule has 0 radical (unpaired) electrons. The Kier molecular flexibility index (Phi) is 6.74. The van der Waals surface area contributed by atoms with Gasteiger partial charge in [-0.3, -0.25) is 4.90 Å². The van der Waals surface area contributed by atoms with Gasteiger partial charge >= 0.3 is 0 Å². The number of nitrogens with zero attached hydrogens (tertiary/aromatic N) is 2. The zero-order valence-electron chi connectivity index (χ0n) is 14.3. The van der Waals surface area contributed by atoms with E-state index in [-0.39, 0.29) is 6.61 Å². The molecule has 1 saturated heterocycles. The Morgan fingerprint density at radius 3 is 2.65 bits per heavy atom. The molecule has 0 bridgehead atoms. The maximum absolute atomic E-state index is 6.06. The Morgan fingerprint density at radius 1 is 1.08 bits per heavy atom. The first-order valence-corrected chi connectivity index (χ1v) is 9.16. The van der Waals surface area contributed by atoms with Gasteiger partial charge in [0.25, 0.3) is 0 Å². The standard InChI is InChI=1S/C19H21Cl2N3O2/c20-17-5-4-15(11-18(17)21)13-26-23-19(22)16-3-1-2-14(10-16)12-24-6-8-25-9-7-24/h1-5,10-11H,6-9,12-13H2,(H2,22,23). The first kappa shape index (κ1) is 19.0. The van der Waals surface area contributed by atoms with Crippen LogP contribution in [0.25, 0.3) is 0 Å². The van der Waals surface area contributed by atoms with Gasteiger partial charge in [-0.15, -0.1) is 0 Å². The molecule has 138 valence electrons. The van der Waals surface area contributed by atoms with Crippen LogP contribution < -0.4 is 5.73 Å². The van der Waals surface area contributed by atoms with Crippen LogP contribution in [0.4, 0.5) is 0 Å². The predicted molar refractivity (Wildman–Crippen MR) is 105 cm³/mol. The lowest BCUT2D eigenvalue weighted by molar-refractivity contribution is 0.0342. The number of hydrogen-bond donors (Lipinski definition) is 1. The van der Waals surface area contributed by atoms with Crippen molar-refractivity contribution < 1.29 is 9.57 Å². The second-order valence-corrected chi connectivity index (χ2v) is 6.90. The molecule has 0 atom stereocenters. The van der Waals surface area contributed by atoms with Crippen molar-refractivity contribution in [3.05, 3.63) is 69.2 Å². The number of halogens is 2. The molecule has 2 aromatic rings. The summed E-state index contributed by atoms with van der Waals surface area (Å²) in [6.07, 6.45) is 0. The number of ether oxygens (including phenoxy) is 1. The maximum atomic E-state index is 6.06. The zero-order chi connectivity index (χ0) is 18.4. The summed E-state index contributed by atoms with van der Waals surface area (Å²) in [5.41, 5.74) is 8.96. The van der Waals surface area contributed by atoms with Gasteiger partial charge < -0.3 is 15.3 Å². The van der Waals surface area contributed by atoms with Gasteiger partial charge in [0.15, 0.2) is 5.84 Å². The fraction of sp³-hybridized carbons (Fsp3) is 0.316. The molecule has 0 aliphatic carbocycles. The van der Waals surface area contributed by atoms with E-state index in [1.165, 1.54) is 5.56 Å². The summed E-state index contributed by atoms with van der Waals surface area (Å²) in [6, 6.07) is 13.3. The zero-order valence-corrected chi connectivity index (χ0v) is 15.8. The second kappa shape index (κ2) is 9.24. The molecule has 7 heteroatoms. The molecule has 0 spiro atoms. The average molecular weight is 394 g/mol. The molecule has 2 aromatic carbocycles. The number of benzene rings is 2. The molecule has 1 fully saturated rings. The van der Waals surface area contributed by atoms with E-state index in [2.05, 4.69) is 16.1 Å². The Hall–Kier alpha value is -1.79. The van der Waals surface area contributed by atoms with Gasteiger partial charge in [0.1, 0.15) is 6.61 Å². The van der Waals surface area contributed by atoms with Crippen LogP contribution in [0.15, 0.2) is 47.6 Å². The number of oxime groups is 1. The highest BCUT2D eigenvalue weighted by Crippen LogP contribution is 2.22. The lowest BCUT2D eigenvalue weighted by Crippen LogP contribution is -2.35. The smallest absolute Gasteiger partial charge is 0.170 e. The first-order valence-electron chi connectivity index (χ1n) is 8.40. The highest BCUT2D eigenvalue weighted by atomic mass is 35.5. The maximum Gasteiger partial charge on any atom is 0.170 e. The fourth-order valence-corrected chi connectivity index (χ4v) is 3.03. The minimum Gasteiger partial charge on any atom is -0.389 e. The highest BCUT2D eigenvalue weighted by molar-refractivity contribution is 6.42. The number of hydrogen-bond acceptors (Lipinski definition) is 4. The third-order valence-corrected chi connectivity index (χ3v) is 4.85. The van der Waals surface area contributed by atoms with Crippen molar-refractivity contribution in [1.29, 1.82) is 0 Å². The van der Waals surface area contributed by atoms with Gasteiger partial charge in [-0.05, 0) is 29.3 Å². The molecule has 1 heterocycles. The summed E-state index contributed by atoms with van der Waals surface area (Å²) < 4.78 is 5.38. The van der Waals surface area contributed by atoms with Gasteiger partial charge in [-0.1, -0.05) is 52.6 Å². The fourth-order valence-electron chi connectivity index (χ4n) is 2.70. The predicted octanol–water partition coefficient (Wildman–Crippen LogP) is 3.66. The minimum absolute atomic E-state index is 0.269. The van der Waals surface area contributed by atoms with Gasteiger partial charge in [0, 0.05) is 25.2 Å². The monoisotopic (exact) mass is 393 g/mol. The summed E-state index contributed by atoms with van der Waals surface area (Å²) in [5, 5.41) is 5.01. The molecule has 2 N–H and O–H groups in total. The highest BCUT2D eigenvalue weighted by Gasteiger charge is 2.11. The van der Waals surface area contributed by atoms with Gasteiger partial charge in [0.05, 0.1) is 23.3 Å². The SMILES string of the molecule is N/C(=N/OCc1ccc(Cl)c(Cl)c1)c1cccc(CN2CCOCC2)c1. The lowest BCUT2D eigenvalue weighted by atomic mass is 10.1. The summed E-state index contributed by atoms with van der Waals surface area (Å²) in [5.74, 6) is 0.342. The molecule has 1 aliphatic rings. The topological polar surface area (TPSA) is 60.1 Å². The number of morpholine rings is 1. The van der Waals surface area contributed by atoms with Crippen molar-refractivity contribution >= 4 is 29.0 Å². The van der Waals surface area contributed by atoms with Crippen molar-refractivity contribution in [2.45, 2.75) is 13.2 Å². The molecular formula is C19H21Cl2N3O2. The van der Waals surface area contributed by atoms with Gasteiger partial charge in [0.2, 0.25) is 0 Å². The van der Waals surface area contributed by atoms with E-state index in [9.17, 15) is 0 Å². The molecule has 26 heavy (non-hydrogen) atoms. The van der Waals surface area contributed by atoms with Crippen LogP contribution in [0.2, 0.25) is 10.0 Å². The van der Waals surface area contributed by atoms with Crippen LogP contribution in [0, 0.1) is 0 Å². The molecule has 0 aromatic heterocycles. The summed E-state index contributed by atoms with van der Waals surface area (Å²) in [4.78, 5) is 7.71. The lowest BCUT2D eigenvalue weighted by Gasteiger charge is -2.26. The van der Waals surface area contributed by atoms with Crippen molar-refractivity contribution in [3.63, 3.8) is 0 Å². The van der Waals surface area contributed by atoms with Crippen molar-refractivity contribution in [2.24, 2.45) is 10.9 Å². The van der Waals surface area contributed by atoms with Crippen LogP contribution in [0.5, 0.6) is 0 Å². The van der Waals surface area contributed by atoms with Crippen LogP contribution >= 0.6 is 23.2 Å². The summed E-state index contributed by atoms with van der Waals surface area (Å²) in [7, 11) is 0. The summed E-state index contributed by atoms with van der Waals surface area (Å²) in [6.45, 7) is 4.60. The average Bonchev–Trinajstić information content (AvgIpc) is 2.65. The van der Waals surface area contributed by atoms with Crippen LogP contribution in [0.1, 0.15) is 16.7 Å². The first-order chi connectivity index (χ1) is 12.6. The minimum atomic E-state index is 0.269. The Morgan fingerprint density at radius 2 is 1.88 bits per heavy atom. The Balaban J connectivity index is 1.59. The number of rotatable bonds is 6. The van der Waals surface area contributed by atoms with Crippen molar-refractivity contribution in [2.75, 3.05) is 26.3 Å². The molecule has 5 nitrogen and oxygen atoms in total. The van der Waals surface area contributed by atoms with Gasteiger partial charge in [-0.2, -0.15) is 0 Å². The van der Waals surface area contributed by atoms with Crippen LogP contribution in [-0.2, 0) is 22.7 Å². The van der Waals surface area contributed by atoms with E-state index >= 15 is 0 Å². The van der Waals surface area contributed by atoms with Crippen molar-refractivity contribution in [3.8, 4) is 0 Å². The third-order valence-electron chi connectivity index (χ3n) is 4.11. The van der Waals surface area contributed by atoms with Crippen LogP contribution in [0.3, 0.4) is 0 Å². The molecule has 0 saturated carbocycles. The Bertz CT molecular complexity index is 777. The molecule has 3 rings (SSSR count). The Labute approximate surface area is 163 Å². The van der Waals surface area contributed by atoms with E-state index < -0.39 is 0 Å². The quantitative estimate of drug-likeness (QED) is 0.462. The molecule has 0 unspecified atom stereocenters. The van der Waals surface area contributed by atoms with E-state index in [4.69, 9.17) is 38.5 Å². The van der Waals surface area contributed by atoms with E-state index in [0.29, 0.717) is 15.9 Å².